The first kappa shape index (κ1) is 19.8. The third kappa shape index (κ3) is 3.59. The first-order valence-corrected chi connectivity index (χ1v) is 12.6. The van der Waals surface area contributed by atoms with E-state index >= 15 is 0 Å². The second-order valence-electron chi connectivity index (χ2n) is 8.30. The van der Waals surface area contributed by atoms with Crippen molar-refractivity contribution in [2.24, 2.45) is 5.92 Å². The van der Waals surface area contributed by atoms with E-state index in [1.165, 1.54) is 27.9 Å². The van der Waals surface area contributed by atoms with Gasteiger partial charge < -0.3 is 4.90 Å². The van der Waals surface area contributed by atoms with Gasteiger partial charge in [-0.25, -0.2) is 4.84 Å². The summed E-state index contributed by atoms with van der Waals surface area (Å²) in [5.41, 5.74) is 3.68. The fourth-order valence-corrected chi connectivity index (χ4v) is 7.04. The van der Waals surface area contributed by atoms with Gasteiger partial charge in [-0.2, -0.15) is 14.4 Å². The smallest absolute Gasteiger partial charge is 0.271 e. The molecular formula is C23H26IN4O2+. The van der Waals surface area contributed by atoms with Gasteiger partial charge in [-0.1, -0.05) is 38.9 Å². The summed E-state index contributed by atoms with van der Waals surface area (Å²) >= 11 is -0.409. The van der Waals surface area contributed by atoms with E-state index in [1.54, 1.807) is 18.3 Å². The number of benzene rings is 1. The van der Waals surface area contributed by atoms with Crippen LogP contribution in [0.5, 0.6) is 0 Å². The van der Waals surface area contributed by atoms with E-state index in [9.17, 15) is 4.79 Å². The maximum Gasteiger partial charge on any atom is 0.271 e. The van der Waals surface area contributed by atoms with Gasteiger partial charge in [0.05, 0.1) is 20.2 Å². The van der Waals surface area contributed by atoms with Crippen LogP contribution in [0.1, 0.15) is 12.0 Å². The molecular weight excluding hydrogens is 491 g/mol. The molecule has 0 aliphatic carbocycles. The number of halogens is 1. The zero-order valence-corrected chi connectivity index (χ0v) is 19.4. The summed E-state index contributed by atoms with van der Waals surface area (Å²) in [4.78, 5) is 20.3. The summed E-state index contributed by atoms with van der Waals surface area (Å²) in [5.74, 6) is 0.715. The summed E-state index contributed by atoms with van der Waals surface area (Å²) in [5, 5.41) is 4.20. The highest BCUT2D eigenvalue weighted by molar-refractivity contribution is 14.2. The molecule has 2 fully saturated rings. The molecule has 30 heavy (non-hydrogen) atoms. The van der Waals surface area contributed by atoms with Crippen LogP contribution in [0.2, 0.25) is 0 Å². The van der Waals surface area contributed by atoms with Crippen LogP contribution in [-0.2, 0) is 4.84 Å². The zero-order valence-electron chi connectivity index (χ0n) is 17.2. The number of aromatic nitrogens is 2. The van der Waals surface area contributed by atoms with Gasteiger partial charge in [0.25, 0.3) is 5.56 Å². The Labute approximate surface area is 186 Å². The maximum absolute atomic E-state index is 12.0. The molecule has 4 heterocycles. The monoisotopic (exact) mass is 517 g/mol. The van der Waals surface area contributed by atoms with Crippen LogP contribution in [-0.4, -0.2) is 58.3 Å². The van der Waals surface area contributed by atoms with Crippen LogP contribution in [0.25, 0.3) is 9.28 Å². The van der Waals surface area contributed by atoms with E-state index < -0.39 is 20.7 Å². The third-order valence-corrected chi connectivity index (χ3v) is 8.89. The molecule has 3 aliphatic heterocycles. The number of likely N-dealkylation sites (N-methyl/N-ethyl adjacent to an activating group) is 1. The van der Waals surface area contributed by atoms with E-state index in [0.29, 0.717) is 16.6 Å². The molecule has 0 bridgehead atoms. The van der Waals surface area contributed by atoms with Crippen molar-refractivity contribution in [3.8, 4) is 0 Å². The van der Waals surface area contributed by atoms with Gasteiger partial charge in [0.2, 0.25) is 0 Å². The van der Waals surface area contributed by atoms with E-state index in [1.807, 2.05) is 13.2 Å². The number of hydrogen-bond donors (Lipinski definition) is 0. The zero-order chi connectivity index (χ0) is 20.7. The van der Waals surface area contributed by atoms with Crippen LogP contribution < -0.4 is 10.5 Å². The molecule has 7 heteroatoms. The predicted molar refractivity (Wildman–Crippen MR) is 129 cm³/mol. The van der Waals surface area contributed by atoms with Crippen molar-refractivity contribution >= 4 is 39.7 Å². The van der Waals surface area contributed by atoms with Crippen LogP contribution >= 0.6 is 20.7 Å². The number of hydroxylamine groups is 3. The lowest BCUT2D eigenvalue weighted by atomic mass is 10.0. The topological polar surface area (TPSA) is 47.4 Å². The molecule has 1 aromatic carbocycles. The van der Waals surface area contributed by atoms with Gasteiger partial charge in [-0.05, 0) is 45.8 Å². The Bertz CT molecular complexity index is 1100. The van der Waals surface area contributed by atoms with Crippen molar-refractivity contribution in [3.63, 3.8) is 0 Å². The molecule has 2 saturated heterocycles. The summed E-state index contributed by atoms with van der Waals surface area (Å²) in [6.07, 6.45) is 7.04. The van der Waals surface area contributed by atoms with Gasteiger partial charge >= 0.3 is 0 Å². The van der Waals surface area contributed by atoms with E-state index in [2.05, 4.69) is 51.4 Å². The van der Waals surface area contributed by atoms with E-state index in [0.717, 1.165) is 23.3 Å². The van der Waals surface area contributed by atoms with Crippen LogP contribution in [0.4, 0.5) is 5.69 Å². The molecule has 2 aromatic rings. The second kappa shape index (κ2) is 7.86. The second-order valence-corrected chi connectivity index (χ2v) is 10.7. The standard InChI is InChI=1S/C23H26IN4O2/c1-28(30-2)15-19-11-13-26(21(19)16-28)20-8-5-17(6-9-20)18-7-10-22(24-14-18)27-23(29)4-3-12-25-27/h3-10,12,14,19,21H,11,13,15-16H2,1-2H3/q+1/t19-,21+,28?/m1/s1. The van der Waals surface area contributed by atoms with Crippen molar-refractivity contribution in [1.29, 1.82) is 0 Å². The van der Waals surface area contributed by atoms with Gasteiger partial charge in [0.1, 0.15) is 16.8 Å². The van der Waals surface area contributed by atoms with E-state index in [4.69, 9.17) is 4.84 Å². The number of anilines is 1. The molecule has 5 rings (SSSR count). The molecule has 3 aliphatic rings. The Morgan fingerprint density at radius 1 is 1.17 bits per heavy atom. The lowest BCUT2D eigenvalue weighted by Gasteiger charge is -2.29. The molecule has 156 valence electrons. The summed E-state index contributed by atoms with van der Waals surface area (Å²) < 4.78 is 5.50. The minimum absolute atomic E-state index is 0.0722. The Kier molecular flexibility index (Phi) is 5.20. The molecule has 0 N–H and O–H groups in total. The normalized spacial score (nSPS) is 28.0. The Morgan fingerprint density at radius 3 is 2.70 bits per heavy atom. The number of likely N-dealkylation sites (tertiary alicyclic amines) is 1. The summed E-state index contributed by atoms with van der Waals surface area (Å²) in [6.45, 7) is 3.28. The number of quaternary nitrogens is 1. The quantitative estimate of drug-likeness (QED) is 0.462. The number of nitrogens with zero attached hydrogens (tertiary/aromatic N) is 4. The Balaban J connectivity index is 1.34. The SMILES string of the molecule is CO[N+]1(C)C[C@H]2CCN(c3ccc(C4=CC=C(n5ncccc5=O)I=C4)cc3)[C@H]2C1. The van der Waals surface area contributed by atoms with Crippen LogP contribution in [0.15, 0.2) is 59.5 Å². The number of rotatable bonds is 4. The lowest BCUT2D eigenvalue weighted by Crippen LogP contribution is -2.44. The fourth-order valence-electron chi connectivity index (χ4n) is 4.80. The third-order valence-electron chi connectivity index (χ3n) is 6.45. The largest absolute Gasteiger partial charge is 0.362 e. The number of allylic oxidation sites excluding steroid dienone is 3. The van der Waals surface area contributed by atoms with Crippen LogP contribution in [0.3, 0.4) is 0 Å². The lowest BCUT2D eigenvalue weighted by molar-refractivity contribution is -1.08. The molecule has 0 amide bonds. The fraction of sp³-hybridized carbons (Fsp3) is 0.348. The summed E-state index contributed by atoms with van der Waals surface area (Å²) in [7, 11) is 4.01. The molecule has 1 aromatic heterocycles. The average Bonchev–Trinajstić information content (AvgIpc) is 3.31. The van der Waals surface area contributed by atoms with Gasteiger partial charge in [-0.15, -0.1) is 0 Å². The van der Waals surface area contributed by atoms with E-state index in [-0.39, 0.29) is 5.56 Å². The number of fused-ring (bicyclic) bond motifs is 1. The molecule has 0 saturated carbocycles. The Hall–Kier alpha value is -2.10. The molecule has 0 spiro atoms. The highest BCUT2D eigenvalue weighted by Gasteiger charge is 2.50. The van der Waals surface area contributed by atoms with Crippen molar-refractivity contribution in [1.82, 2.24) is 9.78 Å². The van der Waals surface area contributed by atoms with Crippen molar-refractivity contribution in [2.45, 2.75) is 12.5 Å². The first-order valence-electron chi connectivity index (χ1n) is 10.3. The first-order chi connectivity index (χ1) is 14.6. The summed E-state index contributed by atoms with van der Waals surface area (Å²) in [6, 6.07) is 12.7. The van der Waals surface area contributed by atoms with Crippen molar-refractivity contribution in [3.05, 3.63) is 70.7 Å². The highest BCUT2D eigenvalue weighted by atomic mass is 127. The average molecular weight is 517 g/mol. The minimum atomic E-state index is -0.409. The molecule has 1 unspecified atom stereocenters. The Morgan fingerprint density at radius 2 is 2.00 bits per heavy atom. The van der Waals surface area contributed by atoms with Gasteiger partial charge in [-0.3, -0.25) is 4.79 Å². The highest BCUT2D eigenvalue weighted by Crippen LogP contribution is 2.38. The minimum Gasteiger partial charge on any atom is -0.362 e. The van der Waals surface area contributed by atoms with Gasteiger partial charge in [0, 0.05) is 30.4 Å². The molecule has 0 radical (unpaired) electrons. The molecule has 6 nitrogen and oxygen atoms in total. The predicted octanol–water partition coefficient (Wildman–Crippen LogP) is 3.13. The number of hydrogen-bond acceptors (Lipinski definition) is 4. The van der Waals surface area contributed by atoms with Crippen LogP contribution in [0, 0.1) is 5.92 Å². The maximum atomic E-state index is 12.0. The van der Waals surface area contributed by atoms with Crippen molar-refractivity contribution < 1.29 is 9.48 Å². The van der Waals surface area contributed by atoms with Gasteiger partial charge in [0.15, 0.2) is 0 Å². The molecule has 3 atom stereocenters. The van der Waals surface area contributed by atoms with Crippen molar-refractivity contribution in [2.75, 3.05) is 38.7 Å².